The molecule has 0 aliphatic heterocycles. The highest BCUT2D eigenvalue weighted by Gasteiger charge is 2.09. The van der Waals surface area contributed by atoms with E-state index in [1.54, 1.807) is 24.3 Å². The van der Waals surface area contributed by atoms with E-state index in [1.165, 1.54) is 57.9 Å². The summed E-state index contributed by atoms with van der Waals surface area (Å²) < 4.78 is 10.7. The number of hydrogen-bond acceptors (Lipinski definition) is 6. The molecule has 8 nitrogen and oxygen atoms in total. The van der Waals surface area contributed by atoms with E-state index in [9.17, 15) is 14.4 Å². The van der Waals surface area contributed by atoms with E-state index in [1.807, 2.05) is 30.3 Å². The summed E-state index contributed by atoms with van der Waals surface area (Å²) in [5.41, 5.74) is 3.90. The number of carbonyl (C=O) groups is 3. The van der Waals surface area contributed by atoms with Crippen molar-refractivity contribution in [3.05, 3.63) is 65.7 Å². The first-order valence-electron chi connectivity index (χ1n) is 13.7. The number of benzene rings is 2. The largest absolute Gasteiger partial charge is 0.493 e. The van der Waals surface area contributed by atoms with E-state index in [2.05, 4.69) is 22.8 Å². The summed E-state index contributed by atoms with van der Waals surface area (Å²) in [4.78, 5) is 36.1. The summed E-state index contributed by atoms with van der Waals surface area (Å²) in [5.74, 6) is -0.489. The first-order chi connectivity index (χ1) is 19.0. The fourth-order valence-electron chi connectivity index (χ4n) is 3.80. The van der Waals surface area contributed by atoms with Gasteiger partial charge in [-0.3, -0.25) is 9.59 Å². The topological polar surface area (TPSA) is 106 Å². The van der Waals surface area contributed by atoms with Crippen LogP contribution in [-0.4, -0.2) is 37.7 Å². The van der Waals surface area contributed by atoms with Gasteiger partial charge >= 0.3 is 5.97 Å². The van der Waals surface area contributed by atoms with Crippen LogP contribution in [0.2, 0.25) is 0 Å². The van der Waals surface area contributed by atoms with Gasteiger partial charge < -0.3 is 14.8 Å². The van der Waals surface area contributed by atoms with Crippen LogP contribution in [0.15, 0.2) is 59.7 Å². The average molecular weight is 536 g/mol. The lowest BCUT2D eigenvalue weighted by atomic mass is 10.1. The highest BCUT2D eigenvalue weighted by atomic mass is 16.6. The zero-order valence-corrected chi connectivity index (χ0v) is 23.1. The first kappa shape index (κ1) is 31.3. The first-order valence-corrected chi connectivity index (χ1v) is 13.7. The molecule has 0 radical (unpaired) electrons. The van der Waals surface area contributed by atoms with Crippen molar-refractivity contribution in [2.24, 2.45) is 5.10 Å². The highest BCUT2D eigenvalue weighted by Crippen LogP contribution is 2.27. The van der Waals surface area contributed by atoms with E-state index in [0.29, 0.717) is 17.7 Å². The van der Waals surface area contributed by atoms with Gasteiger partial charge in [-0.15, -0.1) is 0 Å². The van der Waals surface area contributed by atoms with Crippen LogP contribution in [0.5, 0.6) is 11.5 Å². The van der Waals surface area contributed by atoms with Crippen molar-refractivity contribution >= 4 is 30.1 Å². The number of unbranched alkanes of at least 4 members (excludes halogenated alkanes) is 8. The summed E-state index contributed by atoms with van der Waals surface area (Å²) in [6.45, 7) is 2.08. The third-order valence-corrected chi connectivity index (χ3v) is 5.97. The summed E-state index contributed by atoms with van der Waals surface area (Å²) >= 11 is 0. The number of hydrogen-bond donors (Lipinski definition) is 2. The van der Waals surface area contributed by atoms with E-state index in [0.717, 1.165) is 24.8 Å². The Morgan fingerprint density at radius 1 is 0.821 bits per heavy atom. The average Bonchev–Trinajstić information content (AvgIpc) is 2.95. The summed E-state index contributed by atoms with van der Waals surface area (Å²) in [6.07, 6.45) is 15.6. The van der Waals surface area contributed by atoms with Crippen LogP contribution in [0.4, 0.5) is 0 Å². The Morgan fingerprint density at radius 2 is 1.51 bits per heavy atom. The van der Waals surface area contributed by atoms with Crippen LogP contribution in [0.25, 0.3) is 6.08 Å². The van der Waals surface area contributed by atoms with Crippen LogP contribution in [-0.2, 0) is 14.4 Å². The Kier molecular flexibility index (Phi) is 15.4. The van der Waals surface area contributed by atoms with Crippen molar-refractivity contribution in [3.8, 4) is 11.5 Å². The minimum atomic E-state index is -0.536. The molecule has 2 aromatic carbocycles. The molecule has 0 saturated heterocycles. The van der Waals surface area contributed by atoms with Crippen molar-refractivity contribution in [2.45, 2.75) is 71.1 Å². The summed E-state index contributed by atoms with van der Waals surface area (Å²) in [7, 11) is 1.46. The second kappa shape index (κ2) is 19.2. The van der Waals surface area contributed by atoms with Gasteiger partial charge in [0.15, 0.2) is 11.5 Å². The van der Waals surface area contributed by atoms with Crippen molar-refractivity contribution in [1.29, 1.82) is 0 Å². The Morgan fingerprint density at radius 3 is 2.21 bits per heavy atom. The van der Waals surface area contributed by atoms with Gasteiger partial charge in [0, 0.05) is 12.5 Å². The predicted molar refractivity (Wildman–Crippen MR) is 155 cm³/mol. The Bertz CT molecular complexity index is 1080. The monoisotopic (exact) mass is 535 g/mol. The standard InChI is InChI=1S/C31H41N3O5/c1-3-4-5-6-7-8-9-10-14-17-29(35)32-24-30(36)34-33-23-26-18-20-27(28(22-26)38-2)39-31(37)21-19-25-15-12-11-13-16-25/h11-13,15-16,18-23H,3-10,14,17,24H2,1-2H3,(H,32,35)(H,34,36). The summed E-state index contributed by atoms with van der Waals surface area (Å²) in [6, 6.07) is 14.3. The Hall–Kier alpha value is -3.94. The number of carbonyl (C=O) groups excluding carboxylic acids is 3. The molecule has 0 heterocycles. The van der Waals surface area contributed by atoms with Crippen LogP contribution < -0.4 is 20.2 Å². The van der Waals surface area contributed by atoms with E-state index in [4.69, 9.17) is 9.47 Å². The number of rotatable bonds is 18. The van der Waals surface area contributed by atoms with E-state index in [-0.39, 0.29) is 18.2 Å². The smallest absolute Gasteiger partial charge is 0.336 e. The van der Waals surface area contributed by atoms with Gasteiger partial charge in [-0.25, -0.2) is 10.2 Å². The van der Waals surface area contributed by atoms with Gasteiger partial charge in [0.1, 0.15) is 0 Å². The van der Waals surface area contributed by atoms with E-state index >= 15 is 0 Å². The maximum absolute atomic E-state index is 12.2. The molecule has 0 bridgehead atoms. The molecule has 8 heteroatoms. The third-order valence-electron chi connectivity index (χ3n) is 5.97. The lowest BCUT2D eigenvalue weighted by Gasteiger charge is -2.08. The number of amides is 2. The Labute approximate surface area is 231 Å². The fourth-order valence-corrected chi connectivity index (χ4v) is 3.80. The minimum Gasteiger partial charge on any atom is -0.493 e. The molecule has 0 aliphatic carbocycles. The van der Waals surface area contributed by atoms with Crippen LogP contribution in [0.1, 0.15) is 82.3 Å². The van der Waals surface area contributed by atoms with Crippen LogP contribution >= 0.6 is 0 Å². The predicted octanol–water partition coefficient (Wildman–Crippen LogP) is 5.80. The fraction of sp³-hybridized carbons (Fsp3) is 0.419. The van der Waals surface area contributed by atoms with Gasteiger partial charge in [0.05, 0.1) is 19.9 Å². The maximum Gasteiger partial charge on any atom is 0.336 e. The zero-order valence-electron chi connectivity index (χ0n) is 23.1. The number of hydrazone groups is 1. The van der Waals surface area contributed by atoms with Gasteiger partial charge in [-0.1, -0.05) is 88.6 Å². The normalized spacial score (nSPS) is 11.0. The highest BCUT2D eigenvalue weighted by molar-refractivity contribution is 5.90. The number of esters is 1. The zero-order chi connectivity index (χ0) is 28.1. The van der Waals surface area contributed by atoms with Gasteiger partial charge in [-0.2, -0.15) is 5.10 Å². The molecule has 210 valence electrons. The molecular weight excluding hydrogens is 494 g/mol. The lowest BCUT2D eigenvalue weighted by Crippen LogP contribution is -2.34. The van der Waals surface area contributed by atoms with Gasteiger partial charge in [-0.05, 0) is 41.8 Å². The second-order valence-corrected chi connectivity index (χ2v) is 9.22. The van der Waals surface area contributed by atoms with Crippen molar-refractivity contribution < 1.29 is 23.9 Å². The van der Waals surface area contributed by atoms with Crippen LogP contribution in [0, 0.1) is 0 Å². The molecular formula is C31H41N3O5. The molecule has 0 aromatic heterocycles. The molecule has 0 fully saturated rings. The number of ether oxygens (including phenoxy) is 2. The molecule has 2 amide bonds. The molecule has 2 rings (SSSR count). The molecule has 0 atom stereocenters. The van der Waals surface area contributed by atoms with E-state index < -0.39 is 11.9 Å². The molecule has 0 saturated carbocycles. The number of nitrogens with one attached hydrogen (secondary N) is 2. The molecule has 2 N–H and O–H groups in total. The molecule has 0 spiro atoms. The molecule has 0 aliphatic rings. The number of methoxy groups -OCH3 is 1. The maximum atomic E-state index is 12.2. The van der Waals surface area contributed by atoms with Crippen molar-refractivity contribution in [2.75, 3.05) is 13.7 Å². The molecule has 2 aromatic rings. The second-order valence-electron chi connectivity index (χ2n) is 9.22. The Balaban J connectivity index is 1.67. The minimum absolute atomic E-state index is 0.134. The quantitative estimate of drug-likeness (QED) is 0.0627. The van der Waals surface area contributed by atoms with Crippen molar-refractivity contribution in [1.82, 2.24) is 10.7 Å². The summed E-state index contributed by atoms with van der Waals surface area (Å²) in [5, 5.41) is 6.54. The van der Waals surface area contributed by atoms with Gasteiger partial charge in [0.25, 0.3) is 5.91 Å². The number of nitrogens with zero attached hydrogens (tertiary/aromatic N) is 1. The third kappa shape index (κ3) is 14.0. The van der Waals surface area contributed by atoms with Crippen LogP contribution in [0.3, 0.4) is 0 Å². The SMILES string of the molecule is CCCCCCCCCCCC(=O)NCC(=O)NN=Cc1ccc(OC(=O)C=Cc2ccccc2)c(OC)c1. The van der Waals surface area contributed by atoms with Crippen molar-refractivity contribution in [3.63, 3.8) is 0 Å². The molecule has 0 unspecified atom stereocenters. The molecule has 39 heavy (non-hydrogen) atoms. The lowest BCUT2D eigenvalue weighted by molar-refractivity contribution is -0.129. The van der Waals surface area contributed by atoms with Gasteiger partial charge in [0.2, 0.25) is 5.91 Å².